The molecular formula is C27H25FN6O. The van der Waals surface area contributed by atoms with Gasteiger partial charge >= 0.3 is 0 Å². The summed E-state index contributed by atoms with van der Waals surface area (Å²) in [7, 11) is 0. The molecular weight excluding hydrogens is 443 g/mol. The van der Waals surface area contributed by atoms with E-state index in [-0.39, 0.29) is 11.9 Å². The first-order chi connectivity index (χ1) is 17.1. The van der Waals surface area contributed by atoms with E-state index in [0.717, 1.165) is 42.7 Å². The third-order valence-corrected chi connectivity index (χ3v) is 6.35. The van der Waals surface area contributed by atoms with Crippen LogP contribution in [0.2, 0.25) is 0 Å². The van der Waals surface area contributed by atoms with Gasteiger partial charge in [0.15, 0.2) is 11.6 Å². The number of nitrogens with zero attached hydrogens (tertiary/aromatic N) is 4. The van der Waals surface area contributed by atoms with Gasteiger partial charge in [0.05, 0.1) is 17.8 Å². The van der Waals surface area contributed by atoms with Crippen molar-refractivity contribution in [1.82, 2.24) is 19.3 Å². The zero-order valence-electron chi connectivity index (χ0n) is 19.3. The second kappa shape index (κ2) is 9.57. The fourth-order valence-electron chi connectivity index (χ4n) is 4.68. The summed E-state index contributed by atoms with van der Waals surface area (Å²) in [5, 5.41) is 2.51. The summed E-state index contributed by atoms with van der Waals surface area (Å²) >= 11 is 0. The lowest BCUT2D eigenvalue weighted by molar-refractivity contribution is 0.102. The number of hydrogen-bond donors (Lipinski definition) is 2. The molecule has 7 nitrogen and oxygen atoms in total. The summed E-state index contributed by atoms with van der Waals surface area (Å²) in [6, 6.07) is 14.2. The third-order valence-electron chi connectivity index (χ3n) is 6.35. The van der Waals surface area contributed by atoms with Crippen LogP contribution < -0.4 is 11.1 Å². The highest BCUT2D eigenvalue weighted by molar-refractivity contribution is 6.04. The lowest BCUT2D eigenvalue weighted by atomic mass is 10.0. The molecule has 0 aliphatic carbocycles. The minimum atomic E-state index is -0.585. The number of likely N-dealkylation sites (tertiary alicyclic amines) is 1. The molecule has 4 aromatic rings. The molecule has 0 bridgehead atoms. The van der Waals surface area contributed by atoms with E-state index in [1.807, 2.05) is 29.5 Å². The summed E-state index contributed by atoms with van der Waals surface area (Å²) in [6.45, 7) is 3.60. The number of carbonyl (C=O) groups excluding carboxylic acids is 1. The normalized spacial score (nSPS) is 15.7. The Bertz CT molecular complexity index is 1450. The number of nitrogens with two attached hydrogens (primary N) is 1. The van der Waals surface area contributed by atoms with Gasteiger partial charge in [-0.25, -0.2) is 14.4 Å². The van der Waals surface area contributed by atoms with Gasteiger partial charge in [0.2, 0.25) is 5.95 Å². The molecule has 176 valence electrons. The molecule has 35 heavy (non-hydrogen) atoms. The van der Waals surface area contributed by atoms with Gasteiger partial charge in [0.1, 0.15) is 0 Å². The van der Waals surface area contributed by atoms with Gasteiger partial charge in [-0.3, -0.25) is 14.1 Å². The maximum Gasteiger partial charge on any atom is 0.256 e. The average molecular weight is 469 g/mol. The number of pyridine rings is 1. The monoisotopic (exact) mass is 468 g/mol. The van der Waals surface area contributed by atoms with Crippen molar-refractivity contribution < 1.29 is 9.18 Å². The Morgan fingerprint density at radius 2 is 2.03 bits per heavy atom. The van der Waals surface area contributed by atoms with E-state index in [1.165, 1.54) is 23.9 Å². The molecule has 1 saturated heterocycles. The van der Waals surface area contributed by atoms with Crippen molar-refractivity contribution in [3.8, 4) is 23.1 Å². The SMILES string of the molecule is CC#CCN1CCCC1c1cc(-c2ccc(C(=O)Nc3ncccc3F)cc2)n2c(N)nccc12. The molecule has 1 aromatic carbocycles. The first-order valence-electron chi connectivity index (χ1n) is 11.5. The molecule has 8 heteroatoms. The second-order valence-electron chi connectivity index (χ2n) is 8.43. The quantitative estimate of drug-likeness (QED) is 0.420. The van der Waals surface area contributed by atoms with E-state index in [0.29, 0.717) is 11.5 Å². The molecule has 1 atom stereocenters. The van der Waals surface area contributed by atoms with Crippen molar-refractivity contribution in [3.63, 3.8) is 0 Å². The molecule has 3 N–H and O–H groups in total. The van der Waals surface area contributed by atoms with Gasteiger partial charge in [0, 0.05) is 24.0 Å². The number of amides is 1. The molecule has 1 unspecified atom stereocenters. The second-order valence-corrected chi connectivity index (χ2v) is 8.43. The van der Waals surface area contributed by atoms with Gasteiger partial charge in [-0.15, -0.1) is 5.92 Å². The van der Waals surface area contributed by atoms with Crippen LogP contribution in [0.4, 0.5) is 16.2 Å². The Hall–Kier alpha value is -4.22. The summed E-state index contributed by atoms with van der Waals surface area (Å²) in [5.41, 5.74) is 10.7. The molecule has 1 aliphatic rings. The fourth-order valence-corrected chi connectivity index (χ4v) is 4.68. The molecule has 1 fully saturated rings. The van der Waals surface area contributed by atoms with Crippen molar-refractivity contribution >= 4 is 23.2 Å². The Kier molecular flexibility index (Phi) is 6.17. The number of hydrogen-bond acceptors (Lipinski definition) is 5. The maximum absolute atomic E-state index is 13.9. The van der Waals surface area contributed by atoms with E-state index in [9.17, 15) is 9.18 Å². The summed E-state index contributed by atoms with van der Waals surface area (Å²) in [6.07, 6.45) is 5.32. The van der Waals surface area contributed by atoms with E-state index >= 15 is 0 Å². The smallest absolute Gasteiger partial charge is 0.256 e. The lowest BCUT2D eigenvalue weighted by Crippen LogP contribution is -2.23. The number of nitrogens with one attached hydrogen (secondary N) is 1. The number of nitrogen functional groups attached to an aromatic ring is 1. The summed E-state index contributed by atoms with van der Waals surface area (Å²) in [4.78, 5) is 23.2. The average Bonchev–Trinajstić information content (AvgIpc) is 3.49. The fraction of sp³-hybridized carbons (Fsp3) is 0.222. The highest BCUT2D eigenvalue weighted by Gasteiger charge is 2.29. The van der Waals surface area contributed by atoms with Crippen LogP contribution in [0.25, 0.3) is 16.8 Å². The number of fused-ring (bicyclic) bond motifs is 1. The molecule has 0 spiro atoms. The van der Waals surface area contributed by atoms with Crippen molar-refractivity contribution in [2.75, 3.05) is 24.1 Å². The van der Waals surface area contributed by atoms with Crippen LogP contribution in [0.5, 0.6) is 0 Å². The van der Waals surface area contributed by atoms with E-state index < -0.39 is 11.7 Å². The highest BCUT2D eigenvalue weighted by atomic mass is 19.1. The van der Waals surface area contributed by atoms with Gasteiger partial charge in [-0.2, -0.15) is 0 Å². The number of carbonyl (C=O) groups is 1. The topological polar surface area (TPSA) is 88.5 Å². The van der Waals surface area contributed by atoms with Crippen molar-refractivity contribution in [1.29, 1.82) is 0 Å². The predicted molar refractivity (Wildman–Crippen MR) is 134 cm³/mol. The number of anilines is 2. The standard InChI is InChI=1S/C27H25FN6O/c1-2-3-15-33-16-5-7-22(33)20-17-24(34-23(20)12-14-31-27(34)29)18-8-10-19(11-9-18)26(35)32-25-21(28)6-4-13-30-25/h4,6,8-14,17,22H,5,7,15-16H2,1H3,(H2,29,31)(H,30,32,35). The lowest BCUT2D eigenvalue weighted by Gasteiger charge is -2.21. The first kappa shape index (κ1) is 22.6. The number of aromatic nitrogens is 3. The van der Waals surface area contributed by atoms with Crippen molar-refractivity contribution in [2.45, 2.75) is 25.8 Å². The molecule has 3 aromatic heterocycles. The van der Waals surface area contributed by atoms with Crippen LogP contribution in [0, 0.1) is 17.7 Å². The van der Waals surface area contributed by atoms with Crippen molar-refractivity contribution in [3.05, 3.63) is 77.9 Å². The molecule has 0 saturated carbocycles. The number of benzene rings is 1. The Morgan fingerprint density at radius 3 is 2.80 bits per heavy atom. The predicted octanol–water partition coefficient (Wildman–Crippen LogP) is 4.53. The van der Waals surface area contributed by atoms with E-state index in [4.69, 9.17) is 5.73 Å². The third kappa shape index (κ3) is 4.34. The van der Waals surface area contributed by atoms with Gasteiger partial charge in [-0.05, 0) is 73.8 Å². The number of halogens is 1. The Labute approximate surface area is 202 Å². The van der Waals surface area contributed by atoms with Crippen LogP contribution >= 0.6 is 0 Å². The van der Waals surface area contributed by atoms with Crippen LogP contribution in [-0.2, 0) is 0 Å². The molecule has 1 amide bonds. The molecule has 4 heterocycles. The maximum atomic E-state index is 13.9. The highest BCUT2D eigenvalue weighted by Crippen LogP contribution is 2.38. The van der Waals surface area contributed by atoms with Gasteiger partial charge < -0.3 is 11.1 Å². The van der Waals surface area contributed by atoms with Crippen molar-refractivity contribution in [2.24, 2.45) is 0 Å². The van der Waals surface area contributed by atoms with Gasteiger partial charge in [-0.1, -0.05) is 18.1 Å². The molecule has 0 radical (unpaired) electrons. The molecule has 1 aliphatic heterocycles. The van der Waals surface area contributed by atoms with E-state index in [1.54, 1.807) is 18.3 Å². The zero-order valence-corrected chi connectivity index (χ0v) is 19.3. The van der Waals surface area contributed by atoms with Gasteiger partial charge in [0.25, 0.3) is 5.91 Å². The molecule has 5 rings (SSSR count). The van der Waals surface area contributed by atoms with E-state index in [2.05, 4.69) is 38.1 Å². The minimum Gasteiger partial charge on any atom is -0.369 e. The van der Waals surface area contributed by atoms with Crippen LogP contribution in [0.15, 0.2) is 60.9 Å². The Balaban J connectivity index is 1.48. The summed E-state index contributed by atoms with van der Waals surface area (Å²) in [5.74, 6) is 5.46. The summed E-state index contributed by atoms with van der Waals surface area (Å²) < 4.78 is 15.8. The van der Waals surface area contributed by atoms with Crippen LogP contribution in [0.1, 0.15) is 41.7 Å². The van der Waals surface area contributed by atoms with Crippen LogP contribution in [0.3, 0.4) is 0 Å². The minimum absolute atomic E-state index is 0.100. The first-order valence-corrected chi connectivity index (χ1v) is 11.5. The zero-order chi connectivity index (χ0) is 24.4. The Morgan fingerprint density at radius 1 is 1.20 bits per heavy atom. The van der Waals surface area contributed by atoms with Crippen LogP contribution in [-0.4, -0.2) is 38.3 Å². The largest absolute Gasteiger partial charge is 0.369 e. The number of rotatable bonds is 5.